The fourth-order valence-electron chi connectivity index (χ4n) is 9.97. The van der Waals surface area contributed by atoms with Crippen LogP contribution in [0.5, 0.6) is 0 Å². The van der Waals surface area contributed by atoms with Crippen LogP contribution >= 0.6 is 0 Å². The fraction of sp³-hybridized carbons (Fsp3) is 0.897. The largest absolute Gasteiger partial charge is 0.462 e. The van der Waals surface area contributed by atoms with Crippen molar-refractivity contribution >= 4 is 5.97 Å². The second-order valence-corrected chi connectivity index (χ2v) is 13.4. The van der Waals surface area contributed by atoms with E-state index in [1.807, 2.05) is 0 Å². The lowest BCUT2D eigenvalue weighted by atomic mass is 9.46. The lowest BCUT2D eigenvalue weighted by Crippen LogP contribution is -2.56. The molecular formula is C29H44O5. The molecule has 12 atom stereocenters. The maximum atomic E-state index is 11.5. The van der Waals surface area contributed by atoms with Crippen molar-refractivity contribution in [2.45, 2.75) is 110 Å². The summed E-state index contributed by atoms with van der Waals surface area (Å²) in [6.07, 6.45) is 10.4. The average Bonchev–Trinajstić information content (AvgIpc) is 3.21. The van der Waals surface area contributed by atoms with E-state index in [0.717, 1.165) is 38.7 Å². The van der Waals surface area contributed by atoms with Gasteiger partial charge in [0.15, 0.2) is 5.79 Å². The minimum absolute atomic E-state index is 0.0380. The number of fused-ring (bicyclic) bond motifs is 7. The van der Waals surface area contributed by atoms with Crippen molar-refractivity contribution < 1.29 is 24.1 Å². The number of hydrogen-bond donors (Lipinski definition) is 1. The van der Waals surface area contributed by atoms with E-state index in [-0.39, 0.29) is 34.8 Å². The number of aliphatic hydroxyl groups excluding tert-OH is 1. The Morgan fingerprint density at radius 1 is 1.12 bits per heavy atom. The van der Waals surface area contributed by atoms with Gasteiger partial charge in [0.25, 0.3) is 0 Å². The van der Waals surface area contributed by atoms with Crippen LogP contribution in [-0.2, 0) is 19.0 Å². The van der Waals surface area contributed by atoms with E-state index in [2.05, 4.69) is 33.8 Å². The van der Waals surface area contributed by atoms with Crippen LogP contribution < -0.4 is 0 Å². The Kier molecular flexibility index (Phi) is 5.38. The summed E-state index contributed by atoms with van der Waals surface area (Å²) < 4.78 is 18.9. The van der Waals surface area contributed by atoms with E-state index in [0.29, 0.717) is 35.5 Å². The number of esters is 1. The highest BCUT2D eigenvalue weighted by Gasteiger charge is 2.69. The van der Waals surface area contributed by atoms with Gasteiger partial charge >= 0.3 is 5.97 Å². The van der Waals surface area contributed by atoms with Crippen LogP contribution in [-0.4, -0.2) is 41.8 Å². The van der Waals surface area contributed by atoms with Gasteiger partial charge in [0, 0.05) is 25.7 Å². The summed E-state index contributed by atoms with van der Waals surface area (Å²) in [4.78, 5) is 11.5. The van der Waals surface area contributed by atoms with Gasteiger partial charge in [0.1, 0.15) is 6.10 Å². The first-order valence-corrected chi connectivity index (χ1v) is 14.0. The second-order valence-electron chi connectivity index (χ2n) is 13.4. The first-order valence-electron chi connectivity index (χ1n) is 14.0. The first-order chi connectivity index (χ1) is 16.1. The summed E-state index contributed by atoms with van der Waals surface area (Å²) >= 11 is 0. The topological polar surface area (TPSA) is 65.0 Å². The molecule has 3 saturated carbocycles. The Morgan fingerprint density at radius 3 is 2.62 bits per heavy atom. The van der Waals surface area contributed by atoms with Crippen molar-refractivity contribution in [3.8, 4) is 0 Å². The fourth-order valence-corrected chi connectivity index (χ4v) is 9.97. The van der Waals surface area contributed by atoms with Crippen molar-refractivity contribution in [3.63, 3.8) is 0 Å². The third-order valence-electron chi connectivity index (χ3n) is 11.7. The molecule has 5 heteroatoms. The third kappa shape index (κ3) is 3.18. The van der Waals surface area contributed by atoms with Crippen molar-refractivity contribution in [2.75, 3.05) is 6.61 Å². The molecule has 5 fully saturated rings. The number of carbonyl (C=O) groups excluding carboxylic acids is 1. The van der Waals surface area contributed by atoms with Gasteiger partial charge in [-0.1, -0.05) is 39.3 Å². The summed E-state index contributed by atoms with van der Waals surface area (Å²) in [6.45, 7) is 11.9. The standard InChI is InChI=1S/C29H44O5/c1-16-6-11-29(32-15-16)17(2)26-24(34-29)14-22-25-21(8-10-28(22,26)5)27(4)9-7-20(33-18(3)30)12-19(27)13-23(25)31/h13,16-17,20-26,31H,6-12,14-15H2,1-5H3/t16?,17-,20-,21-,22-,23?,24-,25?,26-,27-,28-,29+/m0/s1. The monoisotopic (exact) mass is 472 g/mol. The average molecular weight is 473 g/mol. The number of aliphatic hydroxyl groups is 1. The van der Waals surface area contributed by atoms with E-state index in [4.69, 9.17) is 14.2 Å². The van der Waals surface area contributed by atoms with Gasteiger partial charge in [0.05, 0.1) is 18.8 Å². The molecule has 4 aliphatic carbocycles. The molecule has 0 aromatic heterocycles. The molecule has 2 aliphatic heterocycles. The predicted molar refractivity (Wildman–Crippen MR) is 129 cm³/mol. The van der Waals surface area contributed by atoms with Gasteiger partial charge < -0.3 is 19.3 Å². The van der Waals surface area contributed by atoms with Gasteiger partial charge in [0.2, 0.25) is 0 Å². The minimum atomic E-state index is -0.413. The second kappa shape index (κ2) is 7.79. The molecule has 2 heterocycles. The van der Waals surface area contributed by atoms with Gasteiger partial charge in [-0.25, -0.2) is 0 Å². The summed E-state index contributed by atoms with van der Waals surface area (Å²) in [7, 11) is 0. The quantitative estimate of drug-likeness (QED) is 0.417. The van der Waals surface area contributed by atoms with Crippen LogP contribution in [0.1, 0.15) is 86.0 Å². The lowest BCUT2D eigenvalue weighted by Gasteiger charge is -2.59. The van der Waals surface area contributed by atoms with Crippen LogP contribution in [0.3, 0.4) is 0 Å². The Hall–Kier alpha value is -0.910. The Labute approximate surface area is 205 Å². The van der Waals surface area contributed by atoms with Crippen LogP contribution in [0.4, 0.5) is 0 Å². The maximum Gasteiger partial charge on any atom is 0.302 e. The third-order valence-corrected chi connectivity index (χ3v) is 11.7. The molecule has 6 rings (SSSR count). The van der Waals surface area contributed by atoms with Crippen LogP contribution in [0.15, 0.2) is 11.6 Å². The van der Waals surface area contributed by atoms with Crippen LogP contribution in [0, 0.1) is 46.3 Å². The molecule has 1 spiro atoms. The van der Waals surface area contributed by atoms with Crippen molar-refractivity contribution in [1.82, 2.24) is 0 Å². The zero-order chi connectivity index (χ0) is 24.0. The molecule has 6 aliphatic rings. The van der Waals surface area contributed by atoms with E-state index in [1.54, 1.807) is 0 Å². The molecule has 0 amide bonds. The number of hydrogen-bond acceptors (Lipinski definition) is 5. The number of ether oxygens (including phenoxy) is 3. The smallest absolute Gasteiger partial charge is 0.302 e. The van der Waals surface area contributed by atoms with E-state index >= 15 is 0 Å². The molecular weight excluding hydrogens is 428 g/mol. The molecule has 34 heavy (non-hydrogen) atoms. The summed E-state index contributed by atoms with van der Waals surface area (Å²) in [5.41, 5.74) is 1.63. The van der Waals surface area contributed by atoms with E-state index in [1.165, 1.54) is 31.8 Å². The van der Waals surface area contributed by atoms with Gasteiger partial charge in [-0.3, -0.25) is 4.79 Å². The van der Waals surface area contributed by atoms with Gasteiger partial charge in [-0.05, 0) is 78.9 Å². The Morgan fingerprint density at radius 2 is 1.91 bits per heavy atom. The first kappa shape index (κ1) is 23.5. The zero-order valence-electron chi connectivity index (χ0n) is 21.7. The minimum Gasteiger partial charge on any atom is -0.462 e. The summed E-state index contributed by atoms with van der Waals surface area (Å²) in [5, 5.41) is 11.5. The number of rotatable bonds is 1. The predicted octanol–water partition coefficient (Wildman–Crippen LogP) is 5.26. The molecule has 0 aromatic carbocycles. The van der Waals surface area contributed by atoms with Crippen molar-refractivity contribution in [2.24, 2.45) is 46.3 Å². The Bertz CT molecular complexity index is 874. The van der Waals surface area contributed by atoms with E-state index in [9.17, 15) is 9.90 Å². The van der Waals surface area contributed by atoms with Crippen LogP contribution in [0.2, 0.25) is 0 Å². The van der Waals surface area contributed by atoms with Crippen molar-refractivity contribution in [1.29, 1.82) is 0 Å². The summed E-state index contributed by atoms with van der Waals surface area (Å²) in [5.74, 6) is 2.23. The molecule has 0 radical (unpaired) electrons. The highest BCUT2D eigenvalue weighted by atomic mass is 16.7. The van der Waals surface area contributed by atoms with Crippen LogP contribution in [0.25, 0.3) is 0 Å². The molecule has 190 valence electrons. The van der Waals surface area contributed by atoms with Gasteiger partial charge in [-0.2, -0.15) is 0 Å². The summed E-state index contributed by atoms with van der Waals surface area (Å²) in [6, 6.07) is 0. The highest BCUT2D eigenvalue weighted by Crippen LogP contribution is 2.70. The Balaban J connectivity index is 1.27. The molecule has 5 nitrogen and oxygen atoms in total. The van der Waals surface area contributed by atoms with E-state index < -0.39 is 6.10 Å². The molecule has 2 saturated heterocycles. The zero-order valence-corrected chi connectivity index (χ0v) is 21.7. The highest BCUT2D eigenvalue weighted by molar-refractivity contribution is 5.66. The molecule has 0 aromatic rings. The SMILES string of the molecule is CC(=O)O[C@H]1CC[C@@]2(C)C(=CC(O)C3[C@@H]4C[C@@H]5O[C@]6(CCC(C)CO6)[C@@H](C)[C@@H]5[C@@]4(C)CC[C@@H]32)C1. The molecule has 3 unspecified atom stereocenters. The van der Waals surface area contributed by atoms with Gasteiger partial charge in [-0.15, -0.1) is 0 Å². The maximum absolute atomic E-state index is 11.5. The normalized spacial score (nSPS) is 56.2. The molecule has 0 bridgehead atoms. The van der Waals surface area contributed by atoms with Crippen molar-refractivity contribution in [3.05, 3.63) is 11.6 Å². The molecule has 1 N–H and O–H groups in total. The number of carbonyl (C=O) groups is 1. The lowest BCUT2D eigenvalue weighted by molar-refractivity contribution is -0.273.